The third-order valence-electron chi connectivity index (χ3n) is 2.41. The molecule has 0 unspecified atom stereocenters. The highest BCUT2D eigenvalue weighted by Gasteiger charge is 2.15. The maximum atomic E-state index is 13.6. The molecular formula is C16H19F2NO3. The van der Waals surface area contributed by atoms with Gasteiger partial charge in [0.15, 0.2) is 11.6 Å². The predicted octanol–water partition coefficient (Wildman–Crippen LogP) is 3.24. The van der Waals surface area contributed by atoms with E-state index in [1.54, 1.807) is 20.8 Å². The van der Waals surface area contributed by atoms with E-state index < -0.39 is 23.3 Å². The van der Waals surface area contributed by atoms with Crippen molar-refractivity contribution >= 4 is 6.09 Å². The standard InChI is InChI=1S/C16H19F2NO3/c1-16(2,3)22-15(20)19-10-6-5-7-11-8-9-12(21-4)14(18)13(11)17/h8-9H,6,10H2,1-4H3,(H,19,20). The number of hydrogen-bond acceptors (Lipinski definition) is 3. The average Bonchev–Trinajstić information content (AvgIpc) is 2.41. The number of methoxy groups -OCH3 is 1. The lowest BCUT2D eigenvalue weighted by atomic mass is 10.2. The molecule has 0 fully saturated rings. The molecule has 1 aromatic rings. The van der Waals surface area contributed by atoms with Gasteiger partial charge in [-0.05, 0) is 32.9 Å². The van der Waals surface area contributed by atoms with Crippen LogP contribution in [-0.4, -0.2) is 25.3 Å². The van der Waals surface area contributed by atoms with E-state index in [2.05, 4.69) is 21.9 Å². The Kier molecular flexibility index (Phi) is 6.17. The Balaban J connectivity index is 2.52. The highest BCUT2D eigenvalue weighted by Crippen LogP contribution is 2.21. The Bertz CT molecular complexity index is 598. The van der Waals surface area contributed by atoms with Gasteiger partial charge in [-0.15, -0.1) is 0 Å². The molecule has 0 saturated heterocycles. The van der Waals surface area contributed by atoms with E-state index in [4.69, 9.17) is 4.74 Å². The molecule has 1 rings (SSSR count). The van der Waals surface area contributed by atoms with Gasteiger partial charge in [0, 0.05) is 13.0 Å². The zero-order valence-corrected chi connectivity index (χ0v) is 13.0. The molecule has 6 heteroatoms. The summed E-state index contributed by atoms with van der Waals surface area (Å²) >= 11 is 0. The van der Waals surface area contributed by atoms with Gasteiger partial charge in [-0.1, -0.05) is 11.8 Å². The van der Waals surface area contributed by atoms with E-state index in [-0.39, 0.29) is 24.3 Å². The van der Waals surface area contributed by atoms with Gasteiger partial charge < -0.3 is 14.8 Å². The van der Waals surface area contributed by atoms with Gasteiger partial charge in [-0.2, -0.15) is 4.39 Å². The summed E-state index contributed by atoms with van der Waals surface area (Å²) in [6.07, 6.45) is -0.261. The van der Waals surface area contributed by atoms with Crippen LogP contribution in [0.5, 0.6) is 5.75 Å². The molecule has 0 spiro atoms. The second-order valence-electron chi connectivity index (χ2n) is 5.42. The molecule has 0 aliphatic rings. The number of halogens is 2. The summed E-state index contributed by atoms with van der Waals surface area (Å²) in [5.74, 6) is 2.88. The van der Waals surface area contributed by atoms with E-state index in [0.717, 1.165) is 0 Å². The first-order valence-electron chi connectivity index (χ1n) is 6.72. The molecule has 0 bridgehead atoms. The van der Waals surface area contributed by atoms with Crippen LogP contribution < -0.4 is 10.1 Å². The van der Waals surface area contributed by atoms with E-state index in [9.17, 15) is 13.6 Å². The number of nitrogens with one attached hydrogen (secondary N) is 1. The van der Waals surface area contributed by atoms with Crippen LogP contribution in [0.2, 0.25) is 0 Å². The number of hydrogen-bond donors (Lipinski definition) is 1. The van der Waals surface area contributed by atoms with E-state index in [0.29, 0.717) is 0 Å². The van der Waals surface area contributed by atoms with Crippen molar-refractivity contribution in [3.63, 3.8) is 0 Å². The quantitative estimate of drug-likeness (QED) is 0.688. The maximum absolute atomic E-state index is 13.6. The van der Waals surface area contributed by atoms with Gasteiger partial charge in [0.2, 0.25) is 5.82 Å². The molecule has 1 aromatic carbocycles. The van der Waals surface area contributed by atoms with E-state index >= 15 is 0 Å². The fourth-order valence-electron chi connectivity index (χ4n) is 1.48. The first-order chi connectivity index (χ1) is 10.2. The van der Waals surface area contributed by atoms with Crippen LogP contribution in [0.4, 0.5) is 13.6 Å². The summed E-state index contributed by atoms with van der Waals surface area (Å²) < 4.78 is 36.8. The van der Waals surface area contributed by atoms with Crippen molar-refractivity contribution in [3.05, 3.63) is 29.3 Å². The maximum Gasteiger partial charge on any atom is 0.407 e. The minimum absolute atomic E-state index is 0.0597. The topological polar surface area (TPSA) is 47.6 Å². The number of rotatable bonds is 3. The minimum Gasteiger partial charge on any atom is -0.494 e. The smallest absolute Gasteiger partial charge is 0.407 e. The van der Waals surface area contributed by atoms with Crippen LogP contribution >= 0.6 is 0 Å². The first-order valence-corrected chi connectivity index (χ1v) is 6.72. The summed E-state index contributed by atoms with van der Waals surface area (Å²) in [4.78, 5) is 11.4. The van der Waals surface area contributed by atoms with Gasteiger partial charge in [-0.25, -0.2) is 9.18 Å². The van der Waals surface area contributed by atoms with Crippen molar-refractivity contribution in [2.24, 2.45) is 0 Å². The second kappa shape index (κ2) is 7.64. The molecule has 0 aliphatic carbocycles. The number of alkyl carbamates (subject to hydrolysis) is 1. The summed E-state index contributed by atoms with van der Waals surface area (Å²) in [6.45, 7) is 5.52. The van der Waals surface area contributed by atoms with Crippen molar-refractivity contribution in [3.8, 4) is 17.6 Å². The van der Waals surface area contributed by atoms with Crippen LogP contribution in [0.25, 0.3) is 0 Å². The third kappa shape index (κ3) is 5.60. The molecule has 0 saturated carbocycles. The van der Waals surface area contributed by atoms with Gasteiger partial charge in [0.05, 0.1) is 12.7 Å². The summed E-state index contributed by atoms with van der Waals surface area (Å²) in [5.41, 5.74) is -0.630. The Morgan fingerprint density at radius 1 is 1.27 bits per heavy atom. The van der Waals surface area contributed by atoms with Crippen molar-refractivity contribution < 1.29 is 23.0 Å². The molecule has 1 N–H and O–H groups in total. The molecule has 120 valence electrons. The monoisotopic (exact) mass is 311 g/mol. The summed E-state index contributed by atoms with van der Waals surface area (Å²) in [7, 11) is 1.26. The number of amides is 1. The lowest BCUT2D eigenvalue weighted by Gasteiger charge is -2.19. The number of carbonyl (C=O) groups is 1. The van der Waals surface area contributed by atoms with E-state index in [1.807, 2.05) is 0 Å². The van der Waals surface area contributed by atoms with Gasteiger partial charge in [0.1, 0.15) is 5.60 Å². The Morgan fingerprint density at radius 3 is 2.55 bits per heavy atom. The minimum atomic E-state index is -1.07. The molecule has 0 atom stereocenters. The van der Waals surface area contributed by atoms with E-state index in [1.165, 1.54) is 19.2 Å². The third-order valence-corrected chi connectivity index (χ3v) is 2.41. The second-order valence-corrected chi connectivity index (χ2v) is 5.42. The number of ether oxygens (including phenoxy) is 2. The van der Waals surface area contributed by atoms with Crippen molar-refractivity contribution in [1.29, 1.82) is 0 Å². The zero-order chi connectivity index (χ0) is 16.8. The fourth-order valence-corrected chi connectivity index (χ4v) is 1.48. The lowest BCUT2D eigenvalue weighted by Crippen LogP contribution is -2.32. The average molecular weight is 311 g/mol. The highest BCUT2D eigenvalue weighted by molar-refractivity contribution is 5.67. The van der Waals surface area contributed by atoms with Gasteiger partial charge >= 0.3 is 6.09 Å². The van der Waals surface area contributed by atoms with Crippen molar-refractivity contribution in [2.45, 2.75) is 32.8 Å². The Labute approximate surface area is 128 Å². The van der Waals surface area contributed by atoms with Crippen LogP contribution in [0.1, 0.15) is 32.8 Å². The molecule has 0 heterocycles. The Hall–Kier alpha value is -2.29. The predicted molar refractivity (Wildman–Crippen MR) is 78.6 cm³/mol. The van der Waals surface area contributed by atoms with Crippen molar-refractivity contribution in [2.75, 3.05) is 13.7 Å². The number of benzene rings is 1. The van der Waals surface area contributed by atoms with Crippen LogP contribution in [0, 0.1) is 23.5 Å². The van der Waals surface area contributed by atoms with Gasteiger partial charge in [0.25, 0.3) is 0 Å². The summed E-state index contributed by atoms with van der Waals surface area (Å²) in [5, 5.41) is 2.52. The van der Waals surface area contributed by atoms with Crippen LogP contribution in [-0.2, 0) is 4.74 Å². The molecule has 22 heavy (non-hydrogen) atoms. The van der Waals surface area contributed by atoms with Crippen molar-refractivity contribution in [1.82, 2.24) is 5.32 Å². The largest absolute Gasteiger partial charge is 0.494 e. The molecule has 0 aromatic heterocycles. The molecule has 0 radical (unpaired) electrons. The molecule has 4 nitrogen and oxygen atoms in total. The van der Waals surface area contributed by atoms with Gasteiger partial charge in [-0.3, -0.25) is 0 Å². The summed E-state index contributed by atoms with van der Waals surface area (Å²) in [6, 6.07) is 2.65. The highest BCUT2D eigenvalue weighted by atomic mass is 19.2. The normalized spacial score (nSPS) is 10.5. The fraction of sp³-hybridized carbons (Fsp3) is 0.438. The molecule has 1 amide bonds. The lowest BCUT2D eigenvalue weighted by molar-refractivity contribution is 0.0529. The SMILES string of the molecule is COc1ccc(C#CCCNC(=O)OC(C)(C)C)c(F)c1F. The molecular weight excluding hydrogens is 292 g/mol. The van der Waals surface area contributed by atoms with Crippen LogP contribution in [0.15, 0.2) is 12.1 Å². The van der Waals surface area contributed by atoms with Crippen LogP contribution in [0.3, 0.4) is 0 Å². The number of carbonyl (C=O) groups excluding carboxylic acids is 1. The first kappa shape index (κ1) is 17.8. The zero-order valence-electron chi connectivity index (χ0n) is 13.0. The Morgan fingerprint density at radius 2 is 1.95 bits per heavy atom. The molecule has 0 aliphatic heterocycles.